The van der Waals surface area contributed by atoms with Gasteiger partial charge in [0.25, 0.3) is 0 Å². The summed E-state index contributed by atoms with van der Waals surface area (Å²) < 4.78 is 13.4. The lowest BCUT2D eigenvalue weighted by Gasteiger charge is -2.24. The van der Waals surface area contributed by atoms with Crippen LogP contribution in [-0.2, 0) is 0 Å². The van der Waals surface area contributed by atoms with Gasteiger partial charge in [-0.05, 0) is 37.7 Å². The van der Waals surface area contributed by atoms with E-state index in [1.807, 2.05) is 30.1 Å². The first kappa shape index (κ1) is 14.5. The van der Waals surface area contributed by atoms with Crippen LogP contribution in [0.1, 0.15) is 25.5 Å². The van der Waals surface area contributed by atoms with Gasteiger partial charge >= 0.3 is 0 Å². The SMILES string of the molecule is CCNC(C)c1cccnc1N(C)c1cccc(F)c1. The lowest BCUT2D eigenvalue weighted by molar-refractivity contribution is 0.596. The van der Waals surface area contributed by atoms with Gasteiger partial charge in [-0.3, -0.25) is 0 Å². The summed E-state index contributed by atoms with van der Waals surface area (Å²) in [5, 5.41) is 3.38. The summed E-state index contributed by atoms with van der Waals surface area (Å²) in [5.41, 5.74) is 1.88. The van der Waals surface area contributed by atoms with E-state index < -0.39 is 0 Å². The molecule has 0 bridgehead atoms. The largest absolute Gasteiger partial charge is 0.329 e. The smallest absolute Gasteiger partial charge is 0.137 e. The van der Waals surface area contributed by atoms with E-state index in [4.69, 9.17) is 0 Å². The van der Waals surface area contributed by atoms with Crippen LogP contribution in [-0.4, -0.2) is 18.6 Å². The Hall–Kier alpha value is -1.94. The maximum atomic E-state index is 13.4. The van der Waals surface area contributed by atoms with Crippen molar-refractivity contribution in [3.05, 3.63) is 54.0 Å². The van der Waals surface area contributed by atoms with Gasteiger partial charge < -0.3 is 10.2 Å². The van der Waals surface area contributed by atoms with Gasteiger partial charge in [-0.2, -0.15) is 0 Å². The number of halogens is 1. The molecule has 2 aromatic rings. The number of hydrogen-bond donors (Lipinski definition) is 1. The average Bonchev–Trinajstić information content (AvgIpc) is 2.47. The second-order valence-electron chi connectivity index (χ2n) is 4.73. The molecule has 106 valence electrons. The summed E-state index contributed by atoms with van der Waals surface area (Å²) in [6.45, 7) is 5.06. The summed E-state index contributed by atoms with van der Waals surface area (Å²) in [5.74, 6) is 0.595. The third-order valence-electron chi connectivity index (χ3n) is 3.31. The molecule has 0 saturated heterocycles. The van der Waals surface area contributed by atoms with Crippen LogP contribution in [0.2, 0.25) is 0 Å². The molecule has 0 amide bonds. The van der Waals surface area contributed by atoms with Gasteiger partial charge in [-0.25, -0.2) is 9.37 Å². The third-order valence-corrected chi connectivity index (χ3v) is 3.31. The number of hydrogen-bond acceptors (Lipinski definition) is 3. The lowest BCUT2D eigenvalue weighted by Crippen LogP contribution is -2.22. The molecule has 0 aliphatic heterocycles. The standard InChI is InChI=1S/C16H20FN3/c1-4-18-12(2)15-9-6-10-19-16(15)20(3)14-8-5-7-13(17)11-14/h5-12,18H,4H2,1-3H3. The van der Waals surface area contributed by atoms with Gasteiger partial charge in [0, 0.05) is 30.5 Å². The Bertz CT molecular complexity index is 571. The number of anilines is 2. The summed E-state index contributed by atoms with van der Waals surface area (Å²) in [4.78, 5) is 6.36. The first-order valence-electron chi connectivity index (χ1n) is 6.81. The van der Waals surface area contributed by atoms with Crippen LogP contribution < -0.4 is 10.2 Å². The average molecular weight is 273 g/mol. The Morgan fingerprint density at radius 3 is 2.80 bits per heavy atom. The van der Waals surface area contributed by atoms with E-state index in [0.29, 0.717) is 0 Å². The van der Waals surface area contributed by atoms with Gasteiger partial charge in [0.05, 0.1) is 0 Å². The van der Waals surface area contributed by atoms with E-state index in [2.05, 4.69) is 24.1 Å². The van der Waals surface area contributed by atoms with Crippen molar-refractivity contribution in [2.24, 2.45) is 0 Å². The van der Waals surface area contributed by atoms with E-state index in [0.717, 1.165) is 23.6 Å². The molecular weight excluding hydrogens is 253 g/mol. The van der Waals surface area contributed by atoms with Gasteiger partial charge in [0.2, 0.25) is 0 Å². The normalized spacial score (nSPS) is 12.2. The van der Waals surface area contributed by atoms with Crippen LogP contribution in [0.5, 0.6) is 0 Å². The van der Waals surface area contributed by atoms with E-state index >= 15 is 0 Å². The minimum atomic E-state index is -0.244. The molecule has 0 aliphatic carbocycles. The number of benzene rings is 1. The van der Waals surface area contributed by atoms with Crippen LogP contribution >= 0.6 is 0 Å². The van der Waals surface area contributed by atoms with Gasteiger partial charge in [0.15, 0.2) is 0 Å². The minimum absolute atomic E-state index is 0.194. The van der Waals surface area contributed by atoms with Gasteiger partial charge in [-0.1, -0.05) is 19.1 Å². The number of aromatic nitrogens is 1. The van der Waals surface area contributed by atoms with Crippen molar-refractivity contribution >= 4 is 11.5 Å². The zero-order valence-electron chi connectivity index (χ0n) is 12.1. The highest BCUT2D eigenvalue weighted by molar-refractivity contribution is 5.62. The molecular formula is C16H20FN3. The van der Waals surface area contributed by atoms with E-state index in [9.17, 15) is 4.39 Å². The Labute approximate surface area is 119 Å². The van der Waals surface area contributed by atoms with Crippen LogP contribution in [0.4, 0.5) is 15.9 Å². The van der Waals surface area contributed by atoms with Crippen LogP contribution in [0, 0.1) is 5.82 Å². The molecule has 0 aliphatic rings. The maximum absolute atomic E-state index is 13.4. The Kier molecular flexibility index (Phi) is 4.69. The zero-order chi connectivity index (χ0) is 14.5. The molecule has 3 nitrogen and oxygen atoms in total. The fourth-order valence-corrected chi connectivity index (χ4v) is 2.25. The third kappa shape index (κ3) is 3.14. The predicted molar refractivity (Wildman–Crippen MR) is 80.8 cm³/mol. The molecule has 0 saturated carbocycles. The highest BCUT2D eigenvalue weighted by Gasteiger charge is 2.15. The number of nitrogens with zero attached hydrogens (tertiary/aromatic N) is 2. The summed E-state index contributed by atoms with van der Waals surface area (Å²) in [7, 11) is 1.90. The summed E-state index contributed by atoms with van der Waals surface area (Å²) in [6, 6.07) is 10.7. The van der Waals surface area contributed by atoms with E-state index in [1.54, 1.807) is 12.3 Å². The first-order valence-corrected chi connectivity index (χ1v) is 6.81. The molecule has 1 unspecified atom stereocenters. The van der Waals surface area contributed by atoms with Gasteiger partial charge in [-0.15, -0.1) is 0 Å². The number of rotatable bonds is 5. The molecule has 1 aromatic carbocycles. The molecule has 0 fully saturated rings. The topological polar surface area (TPSA) is 28.2 Å². The number of pyridine rings is 1. The fourth-order valence-electron chi connectivity index (χ4n) is 2.25. The van der Waals surface area contributed by atoms with Crippen LogP contribution in [0.3, 0.4) is 0 Å². The molecule has 2 rings (SSSR count). The maximum Gasteiger partial charge on any atom is 0.137 e. The molecule has 1 atom stereocenters. The lowest BCUT2D eigenvalue weighted by atomic mass is 10.1. The Balaban J connectivity index is 2.37. The van der Waals surface area contributed by atoms with Crippen molar-refractivity contribution in [1.82, 2.24) is 10.3 Å². The van der Waals surface area contributed by atoms with E-state index in [-0.39, 0.29) is 11.9 Å². The van der Waals surface area contributed by atoms with Crippen molar-refractivity contribution < 1.29 is 4.39 Å². The molecule has 0 radical (unpaired) electrons. The molecule has 1 aromatic heterocycles. The van der Waals surface area contributed by atoms with Crippen LogP contribution in [0.25, 0.3) is 0 Å². The molecule has 20 heavy (non-hydrogen) atoms. The highest BCUT2D eigenvalue weighted by Crippen LogP contribution is 2.28. The summed E-state index contributed by atoms with van der Waals surface area (Å²) >= 11 is 0. The fraction of sp³-hybridized carbons (Fsp3) is 0.312. The van der Waals surface area contributed by atoms with Crippen molar-refractivity contribution in [3.63, 3.8) is 0 Å². The molecule has 0 spiro atoms. The highest BCUT2D eigenvalue weighted by atomic mass is 19.1. The predicted octanol–water partition coefficient (Wildman–Crippen LogP) is 3.66. The monoisotopic (exact) mass is 273 g/mol. The quantitative estimate of drug-likeness (QED) is 0.901. The summed E-state index contributed by atoms with van der Waals surface area (Å²) in [6.07, 6.45) is 1.76. The van der Waals surface area contributed by atoms with Crippen molar-refractivity contribution in [2.75, 3.05) is 18.5 Å². The molecule has 4 heteroatoms. The second kappa shape index (κ2) is 6.48. The van der Waals surface area contributed by atoms with Crippen molar-refractivity contribution in [2.45, 2.75) is 19.9 Å². The first-order chi connectivity index (χ1) is 9.63. The second-order valence-corrected chi connectivity index (χ2v) is 4.73. The molecule has 1 heterocycles. The van der Waals surface area contributed by atoms with Gasteiger partial charge in [0.1, 0.15) is 11.6 Å². The van der Waals surface area contributed by atoms with Crippen molar-refractivity contribution in [3.8, 4) is 0 Å². The van der Waals surface area contributed by atoms with Crippen LogP contribution in [0.15, 0.2) is 42.6 Å². The Morgan fingerprint density at radius 2 is 2.10 bits per heavy atom. The zero-order valence-corrected chi connectivity index (χ0v) is 12.1. The van der Waals surface area contributed by atoms with E-state index in [1.165, 1.54) is 12.1 Å². The van der Waals surface area contributed by atoms with Crippen molar-refractivity contribution in [1.29, 1.82) is 0 Å². The number of nitrogens with one attached hydrogen (secondary N) is 1. The molecule has 1 N–H and O–H groups in total. The Morgan fingerprint density at radius 1 is 1.30 bits per heavy atom. The minimum Gasteiger partial charge on any atom is -0.329 e.